The molecule has 22 heavy (non-hydrogen) atoms. The Balaban J connectivity index is 1.80. The first-order chi connectivity index (χ1) is 10.8. The van der Waals surface area contributed by atoms with Crippen LogP contribution in [0.2, 0.25) is 0 Å². The molecule has 0 saturated heterocycles. The second-order valence-electron chi connectivity index (χ2n) is 5.80. The normalized spacial score (nSPS) is 16.9. The molecule has 0 atom stereocenters. The second-order valence-corrected chi connectivity index (χ2v) is 5.80. The van der Waals surface area contributed by atoms with Crippen LogP contribution in [0, 0.1) is 11.3 Å². The minimum atomic E-state index is -0.585. The molecule has 1 aliphatic rings. The minimum absolute atomic E-state index is 0.479. The lowest BCUT2D eigenvalue weighted by atomic mass is 9.75. The molecule has 114 valence electrons. The SMILES string of the molecule is COc1cccc(Cc2noc(C3(C#N)CCCCC3)n2)c1. The quantitative estimate of drug-likeness (QED) is 0.865. The van der Waals surface area contributed by atoms with Gasteiger partial charge in [-0.25, -0.2) is 0 Å². The molecule has 0 bridgehead atoms. The maximum Gasteiger partial charge on any atom is 0.247 e. The van der Waals surface area contributed by atoms with Gasteiger partial charge in [-0.2, -0.15) is 10.2 Å². The molecule has 0 spiro atoms. The molecule has 2 aromatic rings. The fourth-order valence-corrected chi connectivity index (χ4v) is 3.01. The Morgan fingerprint density at radius 1 is 1.32 bits per heavy atom. The second kappa shape index (κ2) is 6.18. The van der Waals surface area contributed by atoms with E-state index in [-0.39, 0.29) is 0 Å². The van der Waals surface area contributed by atoms with Gasteiger partial charge in [-0.3, -0.25) is 0 Å². The van der Waals surface area contributed by atoms with Crippen LogP contribution in [0.3, 0.4) is 0 Å². The lowest BCUT2D eigenvalue weighted by molar-refractivity contribution is 0.264. The maximum absolute atomic E-state index is 9.57. The highest BCUT2D eigenvalue weighted by Crippen LogP contribution is 2.38. The number of nitriles is 1. The molecule has 0 radical (unpaired) electrons. The first-order valence-electron chi connectivity index (χ1n) is 7.63. The van der Waals surface area contributed by atoms with Gasteiger partial charge in [-0.05, 0) is 30.5 Å². The average molecular weight is 297 g/mol. The van der Waals surface area contributed by atoms with Gasteiger partial charge in [0.2, 0.25) is 5.89 Å². The molecule has 1 aromatic carbocycles. The van der Waals surface area contributed by atoms with Crippen molar-refractivity contribution in [3.63, 3.8) is 0 Å². The lowest BCUT2D eigenvalue weighted by Crippen LogP contribution is -2.27. The topological polar surface area (TPSA) is 71.9 Å². The van der Waals surface area contributed by atoms with Crippen molar-refractivity contribution in [3.8, 4) is 11.8 Å². The molecule has 0 unspecified atom stereocenters. The summed E-state index contributed by atoms with van der Waals surface area (Å²) in [5.74, 6) is 1.90. The third-order valence-corrected chi connectivity index (χ3v) is 4.29. The van der Waals surface area contributed by atoms with Crippen LogP contribution in [0.1, 0.15) is 49.4 Å². The molecular weight excluding hydrogens is 278 g/mol. The van der Waals surface area contributed by atoms with Crippen LogP contribution in [-0.4, -0.2) is 17.3 Å². The Morgan fingerprint density at radius 2 is 2.14 bits per heavy atom. The summed E-state index contributed by atoms with van der Waals surface area (Å²) >= 11 is 0. The standard InChI is InChI=1S/C17H19N3O2/c1-21-14-7-5-6-13(10-14)11-15-19-16(22-20-15)17(12-18)8-3-2-4-9-17/h5-7,10H,2-4,8-9,11H2,1H3. The van der Waals surface area contributed by atoms with E-state index in [0.717, 1.165) is 37.0 Å². The Bertz CT molecular complexity index is 681. The molecule has 5 heteroatoms. The number of rotatable bonds is 4. The molecule has 3 rings (SSSR count). The van der Waals surface area contributed by atoms with Crippen molar-refractivity contribution >= 4 is 0 Å². The monoisotopic (exact) mass is 297 g/mol. The van der Waals surface area contributed by atoms with Gasteiger partial charge in [0.15, 0.2) is 5.82 Å². The zero-order valence-corrected chi connectivity index (χ0v) is 12.7. The molecule has 0 amide bonds. The van der Waals surface area contributed by atoms with Gasteiger partial charge in [0.25, 0.3) is 0 Å². The van der Waals surface area contributed by atoms with E-state index in [1.54, 1.807) is 7.11 Å². The van der Waals surface area contributed by atoms with E-state index >= 15 is 0 Å². The summed E-state index contributed by atoms with van der Waals surface area (Å²) in [6, 6.07) is 10.2. The summed E-state index contributed by atoms with van der Waals surface area (Å²) in [6.45, 7) is 0. The van der Waals surface area contributed by atoms with Gasteiger partial charge in [-0.1, -0.05) is 36.6 Å². The van der Waals surface area contributed by atoms with Crippen LogP contribution in [-0.2, 0) is 11.8 Å². The van der Waals surface area contributed by atoms with E-state index in [1.165, 1.54) is 6.42 Å². The third kappa shape index (κ3) is 2.82. The molecule has 1 heterocycles. The predicted octanol–water partition coefficient (Wildman–Crippen LogP) is 3.39. The van der Waals surface area contributed by atoms with E-state index in [9.17, 15) is 5.26 Å². The van der Waals surface area contributed by atoms with Crippen LogP contribution < -0.4 is 4.74 Å². The summed E-state index contributed by atoms with van der Waals surface area (Å²) in [4.78, 5) is 4.49. The highest BCUT2D eigenvalue weighted by Gasteiger charge is 2.39. The molecule has 1 aromatic heterocycles. The number of benzene rings is 1. The summed E-state index contributed by atoms with van der Waals surface area (Å²) in [5, 5.41) is 13.6. The molecule has 1 saturated carbocycles. The van der Waals surface area contributed by atoms with Crippen LogP contribution in [0.25, 0.3) is 0 Å². The largest absolute Gasteiger partial charge is 0.497 e. The van der Waals surface area contributed by atoms with Crippen LogP contribution >= 0.6 is 0 Å². The van der Waals surface area contributed by atoms with E-state index in [1.807, 2.05) is 24.3 Å². The van der Waals surface area contributed by atoms with E-state index in [0.29, 0.717) is 18.1 Å². The number of aromatic nitrogens is 2. The zero-order chi connectivity index (χ0) is 15.4. The van der Waals surface area contributed by atoms with Crippen LogP contribution in [0.15, 0.2) is 28.8 Å². The molecule has 1 aliphatic carbocycles. The highest BCUT2D eigenvalue weighted by atomic mass is 16.5. The number of nitrogens with zero attached hydrogens (tertiary/aromatic N) is 3. The van der Waals surface area contributed by atoms with Gasteiger partial charge in [0.1, 0.15) is 11.2 Å². The van der Waals surface area contributed by atoms with Crippen molar-refractivity contribution < 1.29 is 9.26 Å². The molecule has 5 nitrogen and oxygen atoms in total. The average Bonchev–Trinajstić information content (AvgIpc) is 3.04. The van der Waals surface area contributed by atoms with E-state index in [2.05, 4.69) is 16.2 Å². The first-order valence-corrected chi connectivity index (χ1v) is 7.63. The van der Waals surface area contributed by atoms with E-state index < -0.39 is 5.41 Å². The molecule has 0 aliphatic heterocycles. The third-order valence-electron chi connectivity index (χ3n) is 4.29. The Hall–Kier alpha value is -2.35. The van der Waals surface area contributed by atoms with Crippen molar-refractivity contribution in [2.45, 2.75) is 43.9 Å². The smallest absolute Gasteiger partial charge is 0.247 e. The maximum atomic E-state index is 9.57. The van der Waals surface area contributed by atoms with Gasteiger partial charge in [0.05, 0.1) is 13.2 Å². The summed E-state index contributed by atoms with van der Waals surface area (Å²) in [6.07, 6.45) is 5.45. The Kier molecular flexibility index (Phi) is 4.10. The van der Waals surface area contributed by atoms with Crippen LogP contribution in [0.5, 0.6) is 5.75 Å². The van der Waals surface area contributed by atoms with Gasteiger partial charge >= 0.3 is 0 Å². The lowest BCUT2D eigenvalue weighted by Gasteiger charge is -2.26. The Labute approximate surface area is 129 Å². The fourth-order valence-electron chi connectivity index (χ4n) is 3.01. The first kappa shape index (κ1) is 14.6. The summed E-state index contributed by atoms with van der Waals surface area (Å²) in [5.41, 5.74) is 0.471. The molecule has 0 N–H and O–H groups in total. The summed E-state index contributed by atoms with van der Waals surface area (Å²) < 4.78 is 10.6. The predicted molar refractivity (Wildman–Crippen MR) is 80.5 cm³/mol. The minimum Gasteiger partial charge on any atom is -0.497 e. The number of hydrogen-bond donors (Lipinski definition) is 0. The van der Waals surface area contributed by atoms with Gasteiger partial charge in [0, 0.05) is 6.42 Å². The number of methoxy groups -OCH3 is 1. The van der Waals surface area contributed by atoms with Crippen LogP contribution in [0.4, 0.5) is 0 Å². The summed E-state index contributed by atoms with van der Waals surface area (Å²) in [7, 11) is 1.64. The van der Waals surface area contributed by atoms with E-state index in [4.69, 9.17) is 9.26 Å². The zero-order valence-electron chi connectivity index (χ0n) is 12.7. The van der Waals surface area contributed by atoms with Crippen molar-refractivity contribution in [3.05, 3.63) is 41.5 Å². The van der Waals surface area contributed by atoms with Crippen molar-refractivity contribution in [1.82, 2.24) is 10.1 Å². The fraction of sp³-hybridized carbons (Fsp3) is 0.471. The number of hydrogen-bond acceptors (Lipinski definition) is 5. The molecular formula is C17H19N3O2. The number of ether oxygens (including phenoxy) is 1. The van der Waals surface area contributed by atoms with Crippen molar-refractivity contribution in [2.24, 2.45) is 0 Å². The van der Waals surface area contributed by atoms with Crippen molar-refractivity contribution in [2.75, 3.05) is 7.11 Å². The molecule has 1 fully saturated rings. The van der Waals surface area contributed by atoms with Gasteiger partial charge in [-0.15, -0.1) is 0 Å². The van der Waals surface area contributed by atoms with Gasteiger partial charge < -0.3 is 9.26 Å². The highest BCUT2D eigenvalue weighted by molar-refractivity contribution is 5.30. The Morgan fingerprint density at radius 3 is 2.86 bits per heavy atom. The van der Waals surface area contributed by atoms with Crippen molar-refractivity contribution in [1.29, 1.82) is 5.26 Å².